The first-order valence-electron chi connectivity index (χ1n) is 6.97. The average molecular weight is 264 g/mol. The van der Waals surface area contributed by atoms with Gasteiger partial charge in [0.2, 0.25) is 0 Å². The van der Waals surface area contributed by atoms with Gasteiger partial charge in [0.15, 0.2) is 0 Å². The molecule has 5 heteroatoms. The minimum atomic E-state index is -0.158. The van der Waals surface area contributed by atoms with Gasteiger partial charge in [0.25, 0.3) is 5.91 Å². The minimum Gasteiger partial charge on any atom is -0.369 e. The number of amides is 1. The summed E-state index contributed by atoms with van der Waals surface area (Å²) in [6.07, 6.45) is 6.24. The Morgan fingerprint density at radius 2 is 2.05 bits per heavy atom. The molecule has 19 heavy (non-hydrogen) atoms. The van der Waals surface area contributed by atoms with Gasteiger partial charge in [-0.15, -0.1) is 0 Å². The summed E-state index contributed by atoms with van der Waals surface area (Å²) in [6, 6.07) is 0. The summed E-state index contributed by atoms with van der Waals surface area (Å²) in [6.45, 7) is 8.00. The summed E-state index contributed by atoms with van der Waals surface area (Å²) in [7, 11) is 0. The number of unbranched alkanes of at least 4 members (excludes halogenated alkanes) is 1. The Balaban J connectivity index is 2.40. The van der Waals surface area contributed by atoms with Crippen LogP contribution in [0, 0.1) is 5.92 Å². The fourth-order valence-corrected chi connectivity index (χ4v) is 1.49. The van der Waals surface area contributed by atoms with E-state index in [4.69, 9.17) is 0 Å². The van der Waals surface area contributed by atoms with Crippen LogP contribution in [0.1, 0.15) is 50.5 Å². The third-order valence-electron chi connectivity index (χ3n) is 2.73. The number of hydrogen-bond acceptors (Lipinski definition) is 4. The molecule has 0 aliphatic heterocycles. The van der Waals surface area contributed by atoms with Crippen molar-refractivity contribution in [2.75, 3.05) is 18.4 Å². The number of nitrogens with zero attached hydrogens (tertiary/aromatic N) is 2. The van der Waals surface area contributed by atoms with Gasteiger partial charge in [0.05, 0.1) is 12.4 Å². The Hall–Kier alpha value is -1.65. The van der Waals surface area contributed by atoms with Crippen LogP contribution in [0.4, 0.5) is 5.82 Å². The molecule has 1 aromatic heterocycles. The first-order valence-corrected chi connectivity index (χ1v) is 6.97. The largest absolute Gasteiger partial charge is 0.369 e. The molecule has 0 aliphatic carbocycles. The van der Waals surface area contributed by atoms with Crippen molar-refractivity contribution in [2.45, 2.75) is 40.0 Å². The first kappa shape index (κ1) is 15.4. The lowest BCUT2D eigenvalue weighted by atomic mass is 10.1. The predicted molar refractivity (Wildman–Crippen MR) is 77.2 cm³/mol. The monoisotopic (exact) mass is 264 g/mol. The van der Waals surface area contributed by atoms with E-state index in [1.54, 1.807) is 6.20 Å². The van der Waals surface area contributed by atoms with Crippen LogP contribution in [0.2, 0.25) is 0 Å². The van der Waals surface area contributed by atoms with Crippen LogP contribution in [-0.2, 0) is 0 Å². The molecule has 0 saturated carbocycles. The van der Waals surface area contributed by atoms with Crippen molar-refractivity contribution < 1.29 is 4.79 Å². The fraction of sp³-hybridized carbons (Fsp3) is 0.643. The smallest absolute Gasteiger partial charge is 0.271 e. The molecule has 5 nitrogen and oxygen atoms in total. The van der Waals surface area contributed by atoms with E-state index in [1.807, 2.05) is 0 Å². The van der Waals surface area contributed by atoms with Crippen molar-refractivity contribution in [3.05, 3.63) is 18.1 Å². The Morgan fingerprint density at radius 3 is 2.63 bits per heavy atom. The second-order valence-electron chi connectivity index (χ2n) is 5.01. The van der Waals surface area contributed by atoms with E-state index in [2.05, 4.69) is 41.4 Å². The van der Waals surface area contributed by atoms with Crippen LogP contribution < -0.4 is 10.6 Å². The lowest BCUT2D eigenvalue weighted by Gasteiger charge is -2.08. The molecule has 106 valence electrons. The lowest BCUT2D eigenvalue weighted by Crippen LogP contribution is -2.25. The molecular formula is C14H24N4O. The highest BCUT2D eigenvalue weighted by molar-refractivity contribution is 5.91. The van der Waals surface area contributed by atoms with Gasteiger partial charge < -0.3 is 10.6 Å². The van der Waals surface area contributed by atoms with Crippen LogP contribution in [0.15, 0.2) is 12.4 Å². The molecular weight excluding hydrogens is 240 g/mol. The van der Waals surface area contributed by atoms with Gasteiger partial charge in [-0.2, -0.15) is 0 Å². The van der Waals surface area contributed by atoms with Crippen molar-refractivity contribution in [3.8, 4) is 0 Å². The zero-order valence-corrected chi connectivity index (χ0v) is 12.1. The van der Waals surface area contributed by atoms with Crippen LogP contribution in [-0.4, -0.2) is 29.0 Å². The lowest BCUT2D eigenvalue weighted by molar-refractivity contribution is 0.0948. The van der Waals surface area contributed by atoms with E-state index >= 15 is 0 Å². The number of carbonyl (C=O) groups excluding carboxylic acids is 1. The molecule has 1 heterocycles. The average Bonchev–Trinajstić information content (AvgIpc) is 2.39. The summed E-state index contributed by atoms with van der Waals surface area (Å²) in [5, 5.41) is 6.00. The Kier molecular flexibility index (Phi) is 6.85. The second-order valence-corrected chi connectivity index (χ2v) is 5.01. The molecule has 0 fully saturated rings. The molecule has 0 bridgehead atoms. The molecule has 0 unspecified atom stereocenters. The van der Waals surface area contributed by atoms with Gasteiger partial charge in [0, 0.05) is 13.1 Å². The summed E-state index contributed by atoms with van der Waals surface area (Å²) < 4.78 is 0. The maximum atomic E-state index is 11.7. The number of nitrogens with one attached hydrogen (secondary N) is 2. The number of hydrogen-bond donors (Lipinski definition) is 2. The molecule has 0 atom stereocenters. The number of anilines is 1. The number of carbonyl (C=O) groups is 1. The zero-order chi connectivity index (χ0) is 14.1. The Bertz CT molecular complexity index is 376. The number of aromatic nitrogens is 2. The van der Waals surface area contributed by atoms with E-state index in [0.717, 1.165) is 25.8 Å². The molecule has 0 aliphatic rings. The predicted octanol–water partition coefficient (Wildman–Crippen LogP) is 2.46. The molecule has 0 spiro atoms. The van der Waals surface area contributed by atoms with Gasteiger partial charge >= 0.3 is 0 Å². The summed E-state index contributed by atoms with van der Waals surface area (Å²) in [5.74, 6) is 1.21. The van der Waals surface area contributed by atoms with Crippen molar-refractivity contribution >= 4 is 11.7 Å². The molecule has 0 saturated heterocycles. The van der Waals surface area contributed by atoms with Crippen LogP contribution in [0.25, 0.3) is 0 Å². The molecule has 0 aromatic carbocycles. The van der Waals surface area contributed by atoms with E-state index in [1.165, 1.54) is 6.20 Å². The van der Waals surface area contributed by atoms with Crippen LogP contribution in [0.3, 0.4) is 0 Å². The highest BCUT2D eigenvalue weighted by Gasteiger charge is 2.06. The molecule has 1 aromatic rings. The Labute approximate surface area is 115 Å². The third kappa shape index (κ3) is 6.18. The quantitative estimate of drug-likeness (QED) is 0.708. The molecule has 1 amide bonds. The second kappa shape index (κ2) is 8.45. The summed E-state index contributed by atoms with van der Waals surface area (Å²) >= 11 is 0. The summed E-state index contributed by atoms with van der Waals surface area (Å²) in [5.41, 5.74) is 0.366. The van der Waals surface area contributed by atoms with Gasteiger partial charge in [0.1, 0.15) is 11.5 Å². The first-order chi connectivity index (χ1) is 9.13. The minimum absolute atomic E-state index is 0.158. The zero-order valence-electron chi connectivity index (χ0n) is 12.1. The Morgan fingerprint density at radius 1 is 1.26 bits per heavy atom. The molecule has 0 radical (unpaired) electrons. The van der Waals surface area contributed by atoms with E-state index in [-0.39, 0.29) is 5.91 Å². The van der Waals surface area contributed by atoms with Gasteiger partial charge in [-0.3, -0.25) is 4.79 Å². The molecule has 2 N–H and O–H groups in total. The SMILES string of the molecule is CCCCNC(=O)c1cnc(NCCC(C)C)cn1. The normalized spacial score (nSPS) is 10.5. The number of rotatable bonds is 8. The third-order valence-corrected chi connectivity index (χ3v) is 2.73. The van der Waals surface area contributed by atoms with Gasteiger partial charge in [-0.25, -0.2) is 9.97 Å². The van der Waals surface area contributed by atoms with Crippen molar-refractivity contribution in [2.24, 2.45) is 5.92 Å². The van der Waals surface area contributed by atoms with Crippen LogP contribution in [0.5, 0.6) is 0 Å². The van der Waals surface area contributed by atoms with Crippen molar-refractivity contribution in [1.82, 2.24) is 15.3 Å². The fourth-order valence-electron chi connectivity index (χ4n) is 1.49. The standard InChI is InChI=1S/C14H24N4O/c1-4-5-7-16-14(19)12-9-18-13(10-17-12)15-8-6-11(2)3/h9-11H,4-8H2,1-3H3,(H,15,18)(H,16,19). The topological polar surface area (TPSA) is 66.9 Å². The van der Waals surface area contributed by atoms with E-state index in [0.29, 0.717) is 24.0 Å². The maximum absolute atomic E-state index is 11.7. The van der Waals surface area contributed by atoms with Gasteiger partial charge in [-0.05, 0) is 18.8 Å². The van der Waals surface area contributed by atoms with Crippen LogP contribution >= 0.6 is 0 Å². The maximum Gasteiger partial charge on any atom is 0.271 e. The van der Waals surface area contributed by atoms with E-state index < -0.39 is 0 Å². The molecule has 1 rings (SSSR count). The van der Waals surface area contributed by atoms with E-state index in [9.17, 15) is 4.79 Å². The van der Waals surface area contributed by atoms with Crippen molar-refractivity contribution in [1.29, 1.82) is 0 Å². The highest BCUT2D eigenvalue weighted by atomic mass is 16.1. The van der Waals surface area contributed by atoms with Gasteiger partial charge in [-0.1, -0.05) is 27.2 Å². The highest BCUT2D eigenvalue weighted by Crippen LogP contribution is 2.04. The summed E-state index contributed by atoms with van der Waals surface area (Å²) in [4.78, 5) is 20.0. The van der Waals surface area contributed by atoms with Crippen molar-refractivity contribution in [3.63, 3.8) is 0 Å².